The molecule has 0 aliphatic heterocycles. The van der Waals surface area contributed by atoms with E-state index in [0.717, 1.165) is 18.5 Å². The maximum atomic E-state index is 12.9. The number of anilines is 1. The highest BCUT2D eigenvalue weighted by Gasteiger charge is 2.23. The predicted octanol–water partition coefficient (Wildman–Crippen LogP) is 4.56. The van der Waals surface area contributed by atoms with E-state index in [1.165, 1.54) is 0 Å². The first-order chi connectivity index (χ1) is 16.1. The van der Waals surface area contributed by atoms with Gasteiger partial charge in [0.05, 0.1) is 5.03 Å². The van der Waals surface area contributed by atoms with Crippen LogP contribution in [-0.4, -0.2) is 43.2 Å². The van der Waals surface area contributed by atoms with Crippen LogP contribution in [-0.2, 0) is 4.57 Å². The highest BCUT2D eigenvalue weighted by Crippen LogP contribution is 2.34. The van der Waals surface area contributed by atoms with Crippen LogP contribution in [0.15, 0.2) is 64.6 Å². The van der Waals surface area contributed by atoms with Crippen molar-refractivity contribution in [2.75, 3.05) is 18.6 Å². The zero-order chi connectivity index (χ0) is 24.9. The number of hydrogen-bond donors (Lipinski definition) is 3. The third-order valence-corrected chi connectivity index (χ3v) is 7.12. The van der Waals surface area contributed by atoms with Gasteiger partial charge in [-0.1, -0.05) is 29.8 Å². The topological polar surface area (TPSA) is 99.7 Å². The molecule has 2 amide bonds. The lowest BCUT2D eigenvalue weighted by molar-refractivity contribution is 0.0948. The fraction of sp³-hybridized carbons (Fsp3) is 0.320. The second-order valence-corrected chi connectivity index (χ2v) is 12.2. The Balaban J connectivity index is 1.70. The summed E-state index contributed by atoms with van der Waals surface area (Å²) in [7, 11) is -2.50. The molecule has 9 heteroatoms. The van der Waals surface area contributed by atoms with Gasteiger partial charge < -0.3 is 20.5 Å². The highest BCUT2D eigenvalue weighted by atomic mass is 35.5. The number of benzene rings is 2. The molecule has 3 rings (SSSR count). The van der Waals surface area contributed by atoms with Gasteiger partial charge in [0, 0.05) is 28.2 Å². The molecule has 3 N–H and O–H groups in total. The molecular weight excluding hydrogens is 471 g/mol. The smallest absolute Gasteiger partial charge is 0.256 e. The lowest BCUT2D eigenvalue weighted by atomic mass is 10.2. The van der Waals surface area contributed by atoms with E-state index in [9.17, 15) is 14.2 Å². The average Bonchev–Trinajstić information content (AvgIpc) is 3.62. The number of nitrogens with one attached hydrogen (secondary N) is 3. The number of carbonyl (C=O) groups excluding carboxylic acids is 2. The third-order valence-electron chi connectivity index (χ3n) is 5.20. The normalized spacial score (nSPS) is 15.4. The van der Waals surface area contributed by atoms with Crippen molar-refractivity contribution in [3.05, 3.63) is 70.8 Å². The SMILES string of the molecule is C/C=C(Cl)\C(=N/C(C)Nc1ccc(C(=O)NC2CC2)cc1)NC(=O)c1cccc(P(C)(C)=O)c1. The number of aliphatic imine (C=N–C) groups is 1. The van der Waals surface area contributed by atoms with E-state index in [4.69, 9.17) is 11.6 Å². The van der Waals surface area contributed by atoms with E-state index in [1.807, 2.05) is 19.1 Å². The molecule has 1 aliphatic rings. The lowest BCUT2D eigenvalue weighted by Gasteiger charge is -2.15. The molecule has 0 bridgehead atoms. The molecule has 0 aromatic heterocycles. The maximum absolute atomic E-state index is 12.9. The van der Waals surface area contributed by atoms with Gasteiger partial charge in [0.1, 0.15) is 19.1 Å². The first kappa shape index (κ1) is 25.7. The molecule has 7 nitrogen and oxygen atoms in total. The minimum absolute atomic E-state index is 0.0726. The van der Waals surface area contributed by atoms with E-state index < -0.39 is 19.2 Å². The van der Waals surface area contributed by atoms with Gasteiger partial charge in [-0.25, -0.2) is 4.99 Å². The monoisotopic (exact) mass is 500 g/mol. The Morgan fingerprint density at radius 3 is 2.35 bits per heavy atom. The number of amidine groups is 1. The van der Waals surface area contributed by atoms with E-state index in [-0.39, 0.29) is 11.7 Å². The Kier molecular flexibility index (Phi) is 8.34. The van der Waals surface area contributed by atoms with Crippen molar-refractivity contribution in [1.29, 1.82) is 0 Å². The van der Waals surface area contributed by atoms with Crippen molar-refractivity contribution in [2.45, 2.75) is 38.9 Å². The van der Waals surface area contributed by atoms with Crippen molar-refractivity contribution >= 4 is 47.4 Å². The fourth-order valence-electron chi connectivity index (χ4n) is 3.13. The van der Waals surface area contributed by atoms with Gasteiger partial charge in [-0.2, -0.15) is 0 Å². The quantitative estimate of drug-likeness (QED) is 0.281. The first-order valence-corrected chi connectivity index (χ1v) is 14.1. The Bertz CT molecular complexity index is 1170. The van der Waals surface area contributed by atoms with E-state index in [0.29, 0.717) is 27.5 Å². The zero-order valence-electron chi connectivity index (χ0n) is 19.8. The summed E-state index contributed by atoms with van der Waals surface area (Å²) < 4.78 is 12.4. The van der Waals surface area contributed by atoms with E-state index in [1.54, 1.807) is 62.7 Å². The summed E-state index contributed by atoms with van der Waals surface area (Å²) in [4.78, 5) is 29.5. The minimum atomic E-state index is -2.50. The molecule has 2 aromatic carbocycles. The van der Waals surface area contributed by atoms with Gasteiger partial charge in [-0.3, -0.25) is 9.59 Å². The summed E-state index contributed by atoms with van der Waals surface area (Å²) in [5.41, 5.74) is 1.75. The zero-order valence-corrected chi connectivity index (χ0v) is 21.4. The number of halogens is 1. The summed E-state index contributed by atoms with van der Waals surface area (Å²) in [5, 5.41) is 9.85. The molecule has 1 atom stereocenters. The van der Waals surface area contributed by atoms with Crippen molar-refractivity contribution in [3.8, 4) is 0 Å². The van der Waals surface area contributed by atoms with Gasteiger partial charge in [0.2, 0.25) is 0 Å². The summed E-state index contributed by atoms with van der Waals surface area (Å²) in [5.74, 6) is -0.250. The molecule has 0 spiro atoms. The van der Waals surface area contributed by atoms with Crippen molar-refractivity contribution < 1.29 is 14.2 Å². The van der Waals surface area contributed by atoms with Crippen LogP contribution in [0.25, 0.3) is 0 Å². The molecular formula is C25H30ClN4O3P. The second-order valence-electron chi connectivity index (χ2n) is 8.62. The van der Waals surface area contributed by atoms with Gasteiger partial charge in [-0.15, -0.1) is 0 Å². The molecule has 0 radical (unpaired) electrons. The van der Waals surface area contributed by atoms with E-state index >= 15 is 0 Å². The Hall–Kier alpha value is -2.89. The van der Waals surface area contributed by atoms with Crippen LogP contribution in [0.1, 0.15) is 47.4 Å². The Morgan fingerprint density at radius 2 is 1.76 bits per heavy atom. The van der Waals surface area contributed by atoms with Gasteiger partial charge in [0.15, 0.2) is 0 Å². The molecule has 1 fully saturated rings. The number of nitrogens with zero attached hydrogens (tertiary/aromatic N) is 1. The largest absolute Gasteiger partial charge is 0.364 e. The summed E-state index contributed by atoms with van der Waals surface area (Å²) in [6.45, 7) is 6.89. The summed E-state index contributed by atoms with van der Waals surface area (Å²) in [6.07, 6.45) is 3.30. The van der Waals surface area contributed by atoms with Crippen LogP contribution >= 0.6 is 18.7 Å². The van der Waals surface area contributed by atoms with Gasteiger partial charge >= 0.3 is 0 Å². The molecule has 0 saturated heterocycles. The highest BCUT2D eigenvalue weighted by molar-refractivity contribution is 7.70. The molecule has 1 saturated carbocycles. The number of carbonyl (C=O) groups is 2. The number of allylic oxidation sites excluding steroid dienone is 1. The van der Waals surface area contributed by atoms with Crippen LogP contribution in [0.5, 0.6) is 0 Å². The Labute approximate surface area is 205 Å². The summed E-state index contributed by atoms with van der Waals surface area (Å²) in [6, 6.07) is 14.2. The molecule has 180 valence electrons. The van der Waals surface area contributed by atoms with Crippen LogP contribution in [0, 0.1) is 0 Å². The standard InChI is InChI=1S/C25H30ClN4O3P/c1-5-22(26)23(30-25(32)18-7-6-8-21(15-18)34(3,4)33)28-16(2)27-19-11-9-17(10-12-19)24(31)29-20-13-14-20/h5-12,15-16,20,27H,13-14H2,1-4H3,(H,29,31)(H,28,30,32)/b22-5+. The van der Waals surface area contributed by atoms with Crippen molar-refractivity contribution in [1.82, 2.24) is 10.6 Å². The molecule has 1 aliphatic carbocycles. The second kappa shape index (κ2) is 11.0. The molecule has 1 unspecified atom stereocenters. The average molecular weight is 501 g/mol. The summed E-state index contributed by atoms with van der Waals surface area (Å²) >= 11 is 6.31. The van der Waals surface area contributed by atoms with Crippen molar-refractivity contribution in [3.63, 3.8) is 0 Å². The Morgan fingerprint density at radius 1 is 1.09 bits per heavy atom. The fourth-order valence-corrected chi connectivity index (χ4v) is 4.12. The van der Waals surface area contributed by atoms with Crippen molar-refractivity contribution in [2.24, 2.45) is 4.99 Å². The number of rotatable bonds is 8. The predicted molar refractivity (Wildman–Crippen MR) is 140 cm³/mol. The van der Waals surface area contributed by atoms with E-state index in [2.05, 4.69) is 20.9 Å². The minimum Gasteiger partial charge on any atom is -0.364 e. The van der Waals surface area contributed by atoms with Crippen LogP contribution < -0.4 is 21.3 Å². The van der Waals surface area contributed by atoms with Crippen LogP contribution in [0.4, 0.5) is 5.69 Å². The van der Waals surface area contributed by atoms with Crippen LogP contribution in [0.3, 0.4) is 0 Å². The van der Waals surface area contributed by atoms with Gasteiger partial charge in [0.25, 0.3) is 11.8 Å². The number of amides is 2. The van der Waals surface area contributed by atoms with Gasteiger partial charge in [-0.05, 0) is 76.4 Å². The third kappa shape index (κ3) is 7.31. The maximum Gasteiger partial charge on any atom is 0.256 e. The molecule has 2 aromatic rings. The lowest BCUT2D eigenvalue weighted by Crippen LogP contribution is -2.33. The molecule has 34 heavy (non-hydrogen) atoms. The molecule has 0 heterocycles. The number of hydrogen-bond acceptors (Lipinski definition) is 5. The first-order valence-electron chi connectivity index (χ1n) is 11.1. The van der Waals surface area contributed by atoms with Crippen LogP contribution in [0.2, 0.25) is 0 Å².